The number of halogens is 3. The van der Waals surface area contributed by atoms with Crippen molar-refractivity contribution in [2.24, 2.45) is 0 Å². The van der Waals surface area contributed by atoms with Gasteiger partial charge in [0.1, 0.15) is 0 Å². The lowest BCUT2D eigenvalue weighted by Crippen LogP contribution is -2.04. The Morgan fingerprint density at radius 1 is 1.16 bits per heavy atom. The molecule has 0 unspecified atom stereocenters. The lowest BCUT2D eigenvalue weighted by molar-refractivity contribution is -0.137. The maximum absolute atomic E-state index is 12.7. The van der Waals surface area contributed by atoms with Gasteiger partial charge in [0.2, 0.25) is 0 Å². The molecule has 1 N–H and O–H groups in total. The fourth-order valence-electron chi connectivity index (χ4n) is 1.76. The number of nitrogens with one attached hydrogen (secondary N) is 1. The van der Waals surface area contributed by atoms with E-state index in [1.54, 1.807) is 24.4 Å². The van der Waals surface area contributed by atoms with E-state index >= 15 is 0 Å². The third kappa shape index (κ3) is 3.24. The van der Waals surface area contributed by atoms with Crippen molar-refractivity contribution >= 4 is 5.69 Å². The predicted octanol–water partition coefficient (Wildman–Crippen LogP) is 4.20. The number of hydrogen-bond acceptors (Lipinski definition) is 2. The molecule has 0 bridgehead atoms. The minimum Gasteiger partial charge on any atom is -0.385 e. The molecule has 1 heterocycles. The molecule has 100 valence electrons. The maximum Gasteiger partial charge on any atom is 0.416 e. The average molecular weight is 266 g/mol. The molecule has 0 atom stereocenters. The summed E-state index contributed by atoms with van der Waals surface area (Å²) in [6.07, 6.45) is -2.76. The molecule has 0 aliphatic rings. The molecule has 0 radical (unpaired) electrons. The summed E-state index contributed by atoms with van der Waals surface area (Å²) in [5.41, 5.74) is 1.14. The van der Waals surface area contributed by atoms with Gasteiger partial charge < -0.3 is 5.32 Å². The maximum atomic E-state index is 12.7. The van der Waals surface area contributed by atoms with E-state index in [-0.39, 0.29) is 0 Å². The van der Waals surface area contributed by atoms with Crippen LogP contribution >= 0.6 is 0 Å². The van der Waals surface area contributed by atoms with Gasteiger partial charge in [-0.05, 0) is 31.2 Å². The lowest BCUT2D eigenvalue weighted by atomic mass is 10.1. The molecule has 19 heavy (non-hydrogen) atoms. The van der Waals surface area contributed by atoms with Crippen LogP contribution in [0.5, 0.6) is 0 Å². The van der Waals surface area contributed by atoms with Gasteiger partial charge in [-0.1, -0.05) is 12.1 Å². The van der Waals surface area contributed by atoms with Crippen LogP contribution in [0.15, 0.2) is 42.6 Å². The van der Waals surface area contributed by atoms with Crippen molar-refractivity contribution in [2.45, 2.75) is 13.1 Å². The summed E-state index contributed by atoms with van der Waals surface area (Å²) in [4.78, 5) is 4.11. The van der Waals surface area contributed by atoms with Crippen molar-refractivity contribution in [3.05, 3.63) is 48.2 Å². The molecule has 2 rings (SSSR count). The van der Waals surface area contributed by atoms with Crippen LogP contribution in [-0.2, 0) is 6.18 Å². The fraction of sp³-hybridized carbons (Fsp3) is 0.214. The van der Waals surface area contributed by atoms with Crippen LogP contribution in [0.4, 0.5) is 18.9 Å². The van der Waals surface area contributed by atoms with Gasteiger partial charge in [-0.15, -0.1) is 0 Å². The van der Waals surface area contributed by atoms with Gasteiger partial charge in [0.25, 0.3) is 0 Å². The summed E-state index contributed by atoms with van der Waals surface area (Å²) in [5.74, 6) is 0. The summed E-state index contributed by atoms with van der Waals surface area (Å²) in [5, 5.41) is 3.10. The van der Waals surface area contributed by atoms with E-state index in [0.29, 0.717) is 11.3 Å². The van der Waals surface area contributed by atoms with E-state index in [1.807, 2.05) is 6.92 Å². The fourth-order valence-corrected chi connectivity index (χ4v) is 1.76. The number of benzene rings is 1. The molecule has 0 aliphatic carbocycles. The molecule has 0 amide bonds. The molecular weight excluding hydrogens is 253 g/mol. The Labute approximate surface area is 109 Å². The highest BCUT2D eigenvalue weighted by atomic mass is 19.4. The third-order valence-electron chi connectivity index (χ3n) is 2.63. The van der Waals surface area contributed by atoms with Gasteiger partial charge in [0.15, 0.2) is 0 Å². The number of rotatable bonds is 3. The molecule has 0 spiro atoms. The minimum atomic E-state index is -4.34. The average Bonchev–Trinajstić information content (AvgIpc) is 2.39. The molecule has 1 aromatic heterocycles. The van der Waals surface area contributed by atoms with Crippen LogP contribution in [0.2, 0.25) is 0 Å². The normalized spacial score (nSPS) is 11.4. The Morgan fingerprint density at radius 3 is 2.63 bits per heavy atom. The summed E-state index contributed by atoms with van der Waals surface area (Å²) in [6.45, 7) is 2.69. The number of pyridine rings is 1. The van der Waals surface area contributed by atoms with Gasteiger partial charge in [0, 0.05) is 24.0 Å². The van der Waals surface area contributed by atoms with Crippen LogP contribution in [0.1, 0.15) is 12.5 Å². The third-order valence-corrected chi connectivity index (χ3v) is 2.63. The van der Waals surface area contributed by atoms with E-state index in [2.05, 4.69) is 10.3 Å². The van der Waals surface area contributed by atoms with E-state index in [4.69, 9.17) is 0 Å². The van der Waals surface area contributed by atoms with Crippen molar-refractivity contribution in [3.8, 4) is 11.3 Å². The topological polar surface area (TPSA) is 24.9 Å². The van der Waals surface area contributed by atoms with E-state index in [0.717, 1.165) is 24.4 Å². The first kappa shape index (κ1) is 13.4. The highest BCUT2D eigenvalue weighted by Crippen LogP contribution is 2.32. The Hall–Kier alpha value is -2.04. The molecule has 0 fully saturated rings. The van der Waals surface area contributed by atoms with Gasteiger partial charge >= 0.3 is 6.18 Å². The molecule has 2 nitrogen and oxygen atoms in total. The van der Waals surface area contributed by atoms with Crippen molar-refractivity contribution < 1.29 is 13.2 Å². The van der Waals surface area contributed by atoms with Gasteiger partial charge in [-0.2, -0.15) is 13.2 Å². The van der Waals surface area contributed by atoms with Crippen LogP contribution < -0.4 is 5.32 Å². The molecule has 5 heteroatoms. The first-order chi connectivity index (χ1) is 9.00. The molecule has 2 aromatic rings. The molecule has 0 saturated carbocycles. The van der Waals surface area contributed by atoms with Gasteiger partial charge in [-0.25, -0.2) is 0 Å². The van der Waals surface area contributed by atoms with Crippen molar-refractivity contribution in [1.29, 1.82) is 0 Å². The predicted molar refractivity (Wildman–Crippen MR) is 68.8 cm³/mol. The number of aromatic nitrogens is 1. The number of nitrogens with zero attached hydrogens (tertiary/aromatic N) is 1. The Balaban J connectivity index is 2.39. The standard InChI is InChI=1S/C14H13F3N2/c1-2-18-12-6-7-19-13(9-12)10-4-3-5-11(8-10)14(15,16)17/h3-9H,2H2,1H3,(H,18,19). The van der Waals surface area contributed by atoms with Crippen molar-refractivity contribution in [1.82, 2.24) is 4.98 Å². The second-order valence-corrected chi connectivity index (χ2v) is 4.04. The first-order valence-electron chi connectivity index (χ1n) is 5.88. The van der Waals surface area contributed by atoms with E-state index in [9.17, 15) is 13.2 Å². The zero-order valence-corrected chi connectivity index (χ0v) is 10.3. The highest BCUT2D eigenvalue weighted by molar-refractivity contribution is 5.64. The van der Waals surface area contributed by atoms with Crippen LogP contribution in [0, 0.1) is 0 Å². The highest BCUT2D eigenvalue weighted by Gasteiger charge is 2.30. The van der Waals surface area contributed by atoms with E-state index < -0.39 is 11.7 Å². The Bertz CT molecular complexity index is 565. The quantitative estimate of drug-likeness (QED) is 0.900. The lowest BCUT2D eigenvalue weighted by Gasteiger charge is -2.09. The smallest absolute Gasteiger partial charge is 0.385 e. The van der Waals surface area contributed by atoms with Crippen molar-refractivity contribution in [3.63, 3.8) is 0 Å². The molecular formula is C14H13F3N2. The number of hydrogen-bond donors (Lipinski definition) is 1. The largest absolute Gasteiger partial charge is 0.416 e. The van der Waals surface area contributed by atoms with Gasteiger partial charge in [-0.3, -0.25) is 4.98 Å². The first-order valence-corrected chi connectivity index (χ1v) is 5.88. The van der Waals surface area contributed by atoms with Gasteiger partial charge in [0.05, 0.1) is 11.3 Å². The Morgan fingerprint density at radius 2 is 1.95 bits per heavy atom. The number of anilines is 1. The van der Waals surface area contributed by atoms with Crippen LogP contribution in [0.3, 0.4) is 0 Å². The summed E-state index contributed by atoms with van der Waals surface area (Å²) in [7, 11) is 0. The van der Waals surface area contributed by atoms with E-state index in [1.165, 1.54) is 6.07 Å². The zero-order chi connectivity index (χ0) is 13.9. The van der Waals surface area contributed by atoms with Crippen LogP contribution in [0.25, 0.3) is 11.3 Å². The monoisotopic (exact) mass is 266 g/mol. The zero-order valence-electron chi connectivity index (χ0n) is 10.3. The second kappa shape index (κ2) is 5.30. The second-order valence-electron chi connectivity index (χ2n) is 4.04. The summed E-state index contributed by atoms with van der Waals surface area (Å²) >= 11 is 0. The minimum absolute atomic E-state index is 0.453. The van der Waals surface area contributed by atoms with Crippen molar-refractivity contribution in [2.75, 3.05) is 11.9 Å². The Kier molecular flexibility index (Phi) is 3.74. The molecule has 1 aromatic carbocycles. The summed E-state index contributed by atoms with van der Waals surface area (Å²) < 4.78 is 38.0. The SMILES string of the molecule is CCNc1ccnc(-c2cccc(C(F)(F)F)c2)c1. The molecule has 0 saturated heterocycles. The summed E-state index contributed by atoms with van der Waals surface area (Å²) in [6, 6.07) is 8.68. The molecule has 0 aliphatic heterocycles. The number of alkyl halides is 3. The van der Waals surface area contributed by atoms with Crippen LogP contribution in [-0.4, -0.2) is 11.5 Å².